The number of fused-ring (bicyclic) bond motifs is 1. The first kappa shape index (κ1) is 15.6. The van der Waals surface area contributed by atoms with Gasteiger partial charge in [0, 0.05) is 17.8 Å². The maximum atomic E-state index is 13.0. The Labute approximate surface area is 146 Å². The van der Waals surface area contributed by atoms with E-state index >= 15 is 0 Å². The number of carbonyl (C=O) groups is 1. The van der Waals surface area contributed by atoms with Crippen molar-refractivity contribution < 1.29 is 4.79 Å². The SMILES string of the molecule is Cc1ccc2c(c1)CCCN2C(=O)c1ccc(Cn2cncn2)cc1. The van der Waals surface area contributed by atoms with Crippen LogP contribution in [0.25, 0.3) is 0 Å². The number of benzene rings is 2. The van der Waals surface area contributed by atoms with Gasteiger partial charge in [0.15, 0.2) is 0 Å². The summed E-state index contributed by atoms with van der Waals surface area (Å²) < 4.78 is 1.76. The van der Waals surface area contributed by atoms with Crippen molar-refractivity contribution in [1.29, 1.82) is 0 Å². The molecule has 0 aliphatic carbocycles. The van der Waals surface area contributed by atoms with E-state index in [1.54, 1.807) is 11.0 Å². The predicted molar refractivity (Wildman–Crippen MR) is 96.7 cm³/mol. The molecule has 0 spiro atoms. The van der Waals surface area contributed by atoms with E-state index in [9.17, 15) is 4.79 Å². The summed E-state index contributed by atoms with van der Waals surface area (Å²) in [5.74, 6) is 0.0668. The third-order valence-corrected chi connectivity index (χ3v) is 4.61. The Balaban J connectivity index is 1.55. The van der Waals surface area contributed by atoms with Crippen LogP contribution in [0.5, 0.6) is 0 Å². The van der Waals surface area contributed by atoms with Crippen LogP contribution >= 0.6 is 0 Å². The van der Waals surface area contributed by atoms with E-state index in [0.717, 1.165) is 36.2 Å². The average molecular weight is 332 g/mol. The zero-order valence-electron chi connectivity index (χ0n) is 14.2. The molecule has 25 heavy (non-hydrogen) atoms. The van der Waals surface area contributed by atoms with Gasteiger partial charge in [-0.3, -0.25) is 4.79 Å². The summed E-state index contributed by atoms with van der Waals surface area (Å²) in [6.45, 7) is 3.52. The Hall–Kier alpha value is -2.95. The molecule has 5 nitrogen and oxygen atoms in total. The van der Waals surface area contributed by atoms with Crippen molar-refractivity contribution >= 4 is 11.6 Å². The van der Waals surface area contributed by atoms with Crippen LogP contribution in [0, 0.1) is 6.92 Å². The lowest BCUT2D eigenvalue weighted by Gasteiger charge is -2.30. The van der Waals surface area contributed by atoms with Crippen LogP contribution in [0.1, 0.15) is 33.5 Å². The number of aromatic nitrogens is 3. The molecular formula is C20H20N4O. The maximum absolute atomic E-state index is 13.0. The molecule has 0 N–H and O–H groups in total. The van der Waals surface area contributed by atoms with Crippen molar-refractivity contribution in [3.8, 4) is 0 Å². The first-order valence-electron chi connectivity index (χ1n) is 8.53. The normalized spacial score (nSPS) is 13.6. The molecule has 0 unspecified atom stereocenters. The largest absolute Gasteiger partial charge is 0.308 e. The van der Waals surface area contributed by atoms with Gasteiger partial charge >= 0.3 is 0 Å². The lowest BCUT2D eigenvalue weighted by molar-refractivity contribution is 0.0985. The molecule has 0 fully saturated rings. The fraction of sp³-hybridized carbons (Fsp3) is 0.250. The number of aryl methyl sites for hydroxylation is 2. The summed E-state index contributed by atoms with van der Waals surface area (Å²) in [6.07, 6.45) is 5.25. The van der Waals surface area contributed by atoms with E-state index in [0.29, 0.717) is 6.54 Å². The highest BCUT2D eigenvalue weighted by Gasteiger charge is 2.23. The van der Waals surface area contributed by atoms with Crippen molar-refractivity contribution in [1.82, 2.24) is 14.8 Å². The molecule has 4 rings (SSSR count). The number of nitrogens with zero attached hydrogens (tertiary/aromatic N) is 4. The molecule has 1 aliphatic rings. The fourth-order valence-corrected chi connectivity index (χ4v) is 3.35. The topological polar surface area (TPSA) is 51.0 Å². The molecule has 1 aliphatic heterocycles. The molecule has 3 aromatic rings. The monoisotopic (exact) mass is 332 g/mol. The van der Waals surface area contributed by atoms with Crippen LogP contribution in [0.3, 0.4) is 0 Å². The first-order valence-corrected chi connectivity index (χ1v) is 8.53. The molecule has 0 bridgehead atoms. The summed E-state index contributed by atoms with van der Waals surface area (Å²) in [5.41, 5.74) is 5.37. The lowest BCUT2D eigenvalue weighted by atomic mass is 9.98. The highest BCUT2D eigenvalue weighted by atomic mass is 16.2. The summed E-state index contributed by atoms with van der Waals surface area (Å²) in [4.78, 5) is 18.8. The molecule has 126 valence electrons. The Bertz CT molecular complexity index is 885. The van der Waals surface area contributed by atoms with E-state index < -0.39 is 0 Å². The van der Waals surface area contributed by atoms with Gasteiger partial charge in [0.1, 0.15) is 12.7 Å². The molecule has 0 radical (unpaired) electrons. The maximum Gasteiger partial charge on any atom is 0.258 e. The molecule has 1 amide bonds. The van der Waals surface area contributed by atoms with Crippen LogP contribution in [0.4, 0.5) is 5.69 Å². The third-order valence-electron chi connectivity index (χ3n) is 4.61. The van der Waals surface area contributed by atoms with Gasteiger partial charge in [0.25, 0.3) is 5.91 Å². The van der Waals surface area contributed by atoms with Gasteiger partial charge in [-0.1, -0.05) is 29.8 Å². The number of anilines is 1. The smallest absolute Gasteiger partial charge is 0.258 e. The quantitative estimate of drug-likeness (QED) is 0.740. The predicted octanol–water partition coefficient (Wildman–Crippen LogP) is 3.23. The van der Waals surface area contributed by atoms with E-state index in [2.05, 4.69) is 35.2 Å². The summed E-state index contributed by atoms with van der Waals surface area (Å²) >= 11 is 0. The van der Waals surface area contributed by atoms with Crippen molar-refractivity contribution in [2.75, 3.05) is 11.4 Å². The van der Waals surface area contributed by atoms with Gasteiger partial charge in [0.2, 0.25) is 0 Å². The lowest BCUT2D eigenvalue weighted by Crippen LogP contribution is -2.35. The minimum absolute atomic E-state index is 0.0668. The number of rotatable bonds is 3. The molecule has 1 aromatic heterocycles. The van der Waals surface area contributed by atoms with E-state index in [1.165, 1.54) is 17.5 Å². The number of carbonyl (C=O) groups excluding carboxylic acids is 1. The van der Waals surface area contributed by atoms with Crippen LogP contribution in [0.15, 0.2) is 55.1 Å². The van der Waals surface area contributed by atoms with Crippen molar-refractivity contribution in [3.63, 3.8) is 0 Å². The Morgan fingerprint density at radius 2 is 2.00 bits per heavy atom. The summed E-state index contributed by atoms with van der Waals surface area (Å²) in [7, 11) is 0. The highest BCUT2D eigenvalue weighted by molar-refractivity contribution is 6.06. The molecular weight excluding hydrogens is 312 g/mol. The standard InChI is InChI=1S/C20H20N4O/c1-15-4-9-19-18(11-15)3-2-10-24(19)20(25)17-7-5-16(6-8-17)12-23-14-21-13-22-23/h4-9,11,13-14H,2-3,10,12H2,1H3. The zero-order chi connectivity index (χ0) is 17.2. The van der Waals surface area contributed by atoms with Gasteiger partial charge < -0.3 is 4.90 Å². The average Bonchev–Trinajstić information content (AvgIpc) is 3.14. The second-order valence-corrected chi connectivity index (χ2v) is 6.48. The van der Waals surface area contributed by atoms with E-state index in [-0.39, 0.29) is 5.91 Å². The van der Waals surface area contributed by atoms with Crippen molar-refractivity contribution in [3.05, 3.63) is 77.4 Å². The molecule has 5 heteroatoms. The molecule has 2 aromatic carbocycles. The van der Waals surface area contributed by atoms with Gasteiger partial charge in [-0.25, -0.2) is 9.67 Å². The third kappa shape index (κ3) is 3.18. The van der Waals surface area contributed by atoms with Crippen LogP contribution in [-0.2, 0) is 13.0 Å². The highest BCUT2D eigenvalue weighted by Crippen LogP contribution is 2.29. The van der Waals surface area contributed by atoms with E-state index in [1.807, 2.05) is 29.2 Å². The second-order valence-electron chi connectivity index (χ2n) is 6.48. The number of hydrogen-bond donors (Lipinski definition) is 0. The number of hydrogen-bond acceptors (Lipinski definition) is 3. The second kappa shape index (κ2) is 6.51. The number of amides is 1. The van der Waals surface area contributed by atoms with Crippen LogP contribution < -0.4 is 4.90 Å². The van der Waals surface area contributed by atoms with Gasteiger partial charge in [-0.15, -0.1) is 0 Å². The molecule has 2 heterocycles. The van der Waals surface area contributed by atoms with Crippen LogP contribution in [-0.4, -0.2) is 27.2 Å². The Morgan fingerprint density at radius 1 is 1.16 bits per heavy atom. The molecule has 0 atom stereocenters. The van der Waals surface area contributed by atoms with Gasteiger partial charge in [-0.05, 0) is 49.1 Å². The fourth-order valence-electron chi connectivity index (χ4n) is 3.35. The minimum atomic E-state index is 0.0668. The summed E-state index contributed by atoms with van der Waals surface area (Å²) in [5, 5.41) is 4.10. The molecule has 0 saturated heterocycles. The van der Waals surface area contributed by atoms with Gasteiger partial charge in [0.05, 0.1) is 6.54 Å². The summed E-state index contributed by atoms with van der Waals surface area (Å²) in [6, 6.07) is 14.1. The molecule has 0 saturated carbocycles. The zero-order valence-corrected chi connectivity index (χ0v) is 14.2. The van der Waals surface area contributed by atoms with E-state index in [4.69, 9.17) is 0 Å². The van der Waals surface area contributed by atoms with Crippen LogP contribution in [0.2, 0.25) is 0 Å². The Kier molecular flexibility index (Phi) is 4.06. The van der Waals surface area contributed by atoms with Crippen molar-refractivity contribution in [2.45, 2.75) is 26.3 Å². The minimum Gasteiger partial charge on any atom is -0.308 e. The van der Waals surface area contributed by atoms with Crippen molar-refractivity contribution in [2.24, 2.45) is 0 Å². The van der Waals surface area contributed by atoms with Gasteiger partial charge in [-0.2, -0.15) is 5.10 Å². The Morgan fingerprint density at radius 3 is 2.76 bits per heavy atom. The first-order chi connectivity index (χ1) is 12.2.